The lowest BCUT2D eigenvalue weighted by Crippen LogP contribution is -2.32. The number of carbonyl (C=O) groups excluding carboxylic acids is 1. The number of hydrogen-bond acceptors (Lipinski definition) is 4. The van der Waals surface area contributed by atoms with E-state index >= 15 is 0 Å². The fourth-order valence-corrected chi connectivity index (χ4v) is 4.40. The summed E-state index contributed by atoms with van der Waals surface area (Å²) in [7, 11) is -3.24. The average molecular weight is 325 g/mol. The normalized spacial score (nSPS) is 15.9. The minimum Gasteiger partial charge on any atom is -0.320 e. The molecule has 0 saturated carbocycles. The van der Waals surface area contributed by atoms with Crippen LogP contribution in [0.4, 0.5) is 0 Å². The van der Waals surface area contributed by atoms with Crippen molar-refractivity contribution in [2.24, 2.45) is 21.2 Å². The molecule has 21 heavy (non-hydrogen) atoms. The van der Waals surface area contributed by atoms with Gasteiger partial charge in [0.2, 0.25) is 0 Å². The lowest BCUT2D eigenvalue weighted by atomic mass is 10.0. The van der Waals surface area contributed by atoms with E-state index in [1.807, 2.05) is 38.1 Å². The Balaban J connectivity index is 2.34. The van der Waals surface area contributed by atoms with Crippen LogP contribution in [0.15, 0.2) is 38.9 Å². The molecule has 2 aromatic rings. The van der Waals surface area contributed by atoms with E-state index in [9.17, 15) is 9.00 Å². The monoisotopic (exact) mass is 325 g/mol. The van der Waals surface area contributed by atoms with Gasteiger partial charge in [0.15, 0.2) is 9.92 Å². The van der Waals surface area contributed by atoms with Crippen LogP contribution in [0.2, 0.25) is 0 Å². The summed E-state index contributed by atoms with van der Waals surface area (Å²) >= 11 is 1.28. The molecule has 1 heterocycles. The summed E-state index contributed by atoms with van der Waals surface area (Å²) in [6.07, 6.45) is 0.490. The quantitative estimate of drug-likeness (QED) is 0.903. The van der Waals surface area contributed by atoms with E-state index in [-0.39, 0.29) is 5.92 Å². The maximum Gasteiger partial charge on any atom is 0.271 e. The zero-order valence-corrected chi connectivity index (χ0v) is 13.6. The lowest BCUT2D eigenvalue weighted by Gasteiger charge is -2.10. The van der Waals surface area contributed by atoms with Crippen LogP contribution in [-0.4, -0.2) is 16.2 Å². The van der Waals surface area contributed by atoms with Gasteiger partial charge >= 0.3 is 0 Å². The van der Waals surface area contributed by atoms with Crippen LogP contribution in [0, 0.1) is 5.92 Å². The second kappa shape index (κ2) is 6.23. The zero-order valence-electron chi connectivity index (χ0n) is 12.0. The number of nitrogens with zero attached hydrogens (tertiary/aromatic N) is 1. The number of benzene rings is 1. The van der Waals surface area contributed by atoms with E-state index in [0.717, 1.165) is 10.1 Å². The smallest absolute Gasteiger partial charge is 0.271 e. The van der Waals surface area contributed by atoms with Crippen molar-refractivity contribution in [1.82, 2.24) is 0 Å². The van der Waals surface area contributed by atoms with Gasteiger partial charge < -0.3 is 5.73 Å². The molecule has 7 heteroatoms. The molecular weight excluding hydrogens is 306 g/mol. The first-order valence-corrected chi connectivity index (χ1v) is 9.02. The van der Waals surface area contributed by atoms with Crippen molar-refractivity contribution in [3.8, 4) is 0 Å². The Hall–Kier alpha value is -1.28. The van der Waals surface area contributed by atoms with Gasteiger partial charge in [-0.3, -0.25) is 4.79 Å². The summed E-state index contributed by atoms with van der Waals surface area (Å²) in [6, 6.07) is 8.54. The number of hydrogen-bond donors (Lipinski definition) is 2. The van der Waals surface area contributed by atoms with Gasteiger partial charge in [-0.25, -0.2) is 9.35 Å². The molecule has 0 saturated heterocycles. The van der Waals surface area contributed by atoms with Crippen molar-refractivity contribution in [2.75, 3.05) is 0 Å². The first-order chi connectivity index (χ1) is 9.79. The molecule has 4 N–H and O–H groups in total. The Kier molecular flexibility index (Phi) is 4.77. The third-order valence-corrected chi connectivity index (χ3v) is 5.98. The fourth-order valence-electron chi connectivity index (χ4n) is 1.96. The van der Waals surface area contributed by atoms with Gasteiger partial charge in [-0.1, -0.05) is 32.0 Å². The van der Waals surface area contributed by atoms with Gasteiger partial charge in [0.25, 0.3) is 5.91 Å². The maximum absolute atomic E-state index is 12.5. The first kappa shape index (κ1) is 16.1. The topological polar surface area (TPSA) is 98.5 Å². The Morgan fingerprint density at radius 2 is 2.05 bits per heavy atom. The van der Waals surface area contributed by atoms with Crippen LogP contribution in [-0.2, 0) is 14.7 Å². The summed E-state index contributed by atoms with van der Waals surface area (Å²) in [4.78, 5) is 11.9. The van der Waals surface area contributed by atoms with Gasteiger partial charge in [-0.15, -0.1) is 15.7 Å². The molecule has 1 unspecified atom stereocenters. The van der Waals surface area contributed by atoms with Crippen molar-refractivity contribution < 1.29 is 9.00 Å². The number of rotatable bonds is 4. The molecule has 0 bridgehead atoms. The van der Waals surface area contributed by atoms with E-state index in [4.69, 9.17) is 10.9 Å². The van der Waals surface area contributed by atoms with E-state index in [1.165, 1.54) is 11.3 Å². The Labute approximate surface area is 128 Å². The largest absolute Gasteiger partial charge is 0.320 e. The van der Waals surface area contributed by atoms with Crippen molar-refractivity contribution in [2.45, 2.75) is 30.5 Å². The molecule has 0 aliphatic rings. The molecule has 5 nitrogen and oxygen atoms in total. The molecule has 1 aromatic carbocycles. The number of amides is 1. The lowest BCUT2D eigenvalue weighted by molar-refractivity contribution is -0.119. The minimum absolute atomic E-state index is 0.261. The number of fused-ring (bicyclic) bond motifs is 1. The van der Waals surface area contributed by atoms with E-state index in [0.29, 0.717) is 10.6 Å². The number of thiophene rings is 1. The molecule has 0 aliphatic carbocycles. The van der Waals surface area contributed by atoms with Crippen LogP contribution in [0.3, 0.4) is 0 Å². The third-order valence-electron chi connectivity index (χ3n) is 2.96. The van der Waals surface area contributed by atoms with E-state index in [1.54, 1.807) is 6.07 Å². The van der Waals surface area contributed by atoms with Crippen LogP contribution in [0.5, 0.6) is 0 Å². The third kappa shape index (κ3) is 3.88. The first-order valence-electron chi connectivity index (χ1n) is 6.62. The summed E-state index contributed by atoms with van der Waals surface area (Å²) < 4.78 is 17.5. The van der Waals surface area contributed by atoms with Crippen LogP contribution < -0.4 is 10.9 Å². The molecule has 2 rings (SSSR count). The Morgan fingerprint density at radius 1 is 1.38 bits per heavy atom. The predicted molar refractivity (Wildman–Crippen MR) is 87.3 cm³/mol. The fraction of sp³-hybridized carbons (Fsp3) is 0.357. The summed E-state index contributed by atoms with van der Waals surface area (Å²) in [5.74, 6) is -0.342. The summed E-state index contributed by atoms with van der Waals surface area (Å²) in [6.45, 7) is 3.91. The highest BCUT2D eigenvalue weighted by Gasteiger charge is 2.19. The van der Waals surface area contributed by atoms with Crippen LogP contribution in [0.25, 0.3) is 10.1 Å². The molecule has 0 spiro atoms. The zero-order chi connectivity index (χ0) is 15.6. The molecule has 114 valence electrons. The SMILES string of the molecule is CC(C)C[C@H](N)C(=O)N=S(N)(=O)c1cc2ccccc2s1. The molecule has 1 amide bonds. The predicted octanol–water partition coefficient (Wildman–Crippen LogP) is 2.50. The standard InChI is InChI=1S/C14H19N3O2S2/c1-9(2)7-11(15)14(18)17-21(16,19)13-8-10-5-3-4-6-12(10)20-13/h3-6,8-9,11H,7,15H2,1-2H3,(H2,16,17,18,19)/t11-,21?/m0/s1. The highest BCUT2D eigenvalue weighted by Crippen LogP contribution is 2.28. The summed E-state index contributed by atoms with van der Waals surface area (Å²) in [5, 5.41) is 6.70. The van der Waals surface area contributed by atoms with Gasteiger partial charge in [-0.05, 0) is 29.9 Å². The second-order valence-electron chi connectivity index (χ2n) is 5.34. The second-order valence-corrected chi connectivity index (χ2v) is 8.44. The highest BCUT2D eigenvalue weighted by atomic mass is 32.2. The number of nitrogens with two attached hydrogens (primary N) is 2. The molecule has 2 atom stereocenters. The number of carbonyl (C=O) groups is 1. The van der Waals surface area contributed by atoms with Gasteiger partial charge in [-0.2, -0.15) is 0 Å². The Morgan fingerprint density at radius 3 is 2.67 bits per heavy atom. The van der Waals surface area contributed by atoms with Crippen LogP contribution in [0.1, 0.15) is 20.3 Å². The summed E-state index contributed by atoms with van der Waals surface area (Å²) in [5.41, 5.74) is 5.76. The van der Waals surface area contributed by atoms with Gasteiger partial charge in [0.1, 0.15) is 4.21 Å². The molecular formula is C14H19N3O2S2. The van der Waals surface area contributed by atoms with Crippen LogP contribution >= 0.6 is 11.3 Å². The van der Waals surface area contributed by atoms with Crippen molar-refractivity contribution in [3.05, 3.63) is 30.3 Å². The van der Waals surface area contributed by atoms with Crippen molar-refractivity contribution >= 4 is 37.2 Å². The highest BCUT2D eigenvalue weighted by molar-refractivity contribution is 7.93. The Bertz CT molecular complexity index is 740. The van der Waals surface area contributed by atoms with E-state index < -0.39 is 21.9 Å². The van der Waals surface area contributed by atoms with Gasteiger partial charge in [0, 0.05) is 4.70 Å². The molecule has 0 fully saturated rings. The van der Waals surface area contributed by atoms with Crippen molar-refractivity contribution in [3.63, 3.8) is 0 Å². The maximum atomic E-state index is 12.5. The minimum atomic E-state index is -3.24. The van der Waals surface area contributed by atoms with Crippen molar-refractivity contribution in [1.29, 1.82) is 0 Å². The van der Waals surface area contributed by atoms with E-state index in [2.05, 4.69) is 4.36 Å². The molecule has 0 radical (unpaired) electrons. The average Bonchev–Trinajstić information content (AvgIpc) is 2.82. The molecule has 1 aromatic heterocycles. The van der Waals surface area contributed by atoms with Gasteiger partial charge in [0.05, 0.1) is 6.04 Å². The molecule has 0 aliphatic heterocycles.